The van der Waals surface area contributed by atoms with Crippen LogP contribution in [0.5, 0.6) is 0 Å². The predicted molar refractivity (Wildman–Crippen MR) is 86.0 cm³/mol. The van der Waals surface area contributed by atoms with Gasteiger partial charge < -0.3 is 10.0 Å². The molecule has 124 valence electrons. The van der Waals surface area contributed by atoms with E-state index in [4.69, 9.17) is 0 Å². The van der Waals surface area contributed by atoms with Crippen LogP contribution >= 0.6 is 0 Å². The molecule has 2 atom stereocenters. The third-order valence-electron chi connectivity index (χ3n) is 4.11. The second kappa shape index (κ2) is 7.50. The third-order valence-corrected chi connectivity index (χ3v) is 6.03. The average molecular weight is 327 g/mol. The van der Waals surface area contributed by atoms with Crippen molar-refractivity contribution < 1.29 is 13.5 Å². The second-order valence-corrected chi connectivity index (χ2v) is 8.37. The van der Waals surface area contributed by atoms with E-state index in [9.17, 15) is 13.5 Å². The molecule has 7 heteroatoms. The van der Waals surface area contributed by atoms with Gasteiger partial charge in [0.25, 0.3) is 0 Å². The molecule has 2 rings (SSSR count). The maximum atomic E-state index is 11.7. The van der Waals surface area contributed by atoms with Crippen LogP contribution in [-0.4, -0.2) is 73.3 Å². The van der Waals surface area contributed by atoms with Crippen molar-refractivity contribution in [1.29, 1.82) is 0 Å². The summed E-state index contributed by atoms with van der Waals surface area (Å²) in [6, 6.07) is 5.80. The number of pyridine rings is 1. The van der Waals surface area contributed by atoms with Gasteiger partial charge in [-0.15, -0.1) is 0 Å². The van der Waals surface area contributed by atoms with E-state index in [0.29, 0.717) is 19.5 Å². The maximum Gasteiger partial charge on any atom is 0.213 e. The standard InChI is InChI=1S/C15H25N3O3S/c1-17(2)22(20,21)9-5-8-18-11-13(15(19)12-18)10-14-6-3-4-7-16-14/h3-4,6-7,13,15,19H,5,8-12H2,1-2H3/t13-,15-/m1/s1. The quantitative estimate of drug-likeness (QED) is 0.774. The molecule has 0 radical (unpaired) electrons. The summed E-state index contributed by atoms with van der Waals surface area (Å²) < 4.78 is 24.7. The number of aromatic nitrogens is 1. The fourth-order valence-electron chi connectivity index (χ4n) is 2.77. The molecule has 1 aliphatic rings. The first kappa shape index (κ1) is 17.3. The van der Waals surface area contributed by atoms with Gasteiger partial charge in [-0.25, -0.2) is 12.7 Å². The van der Waals surface area contributed by atoms with Crippen molar-refractivity contribution in [3.05, 3.63) is 30.1 Å². The number of aliphatic hydroxyl groups is 1. The number of nitrogens with zero attached hydrogens (tertiary/aromatic N) is 3. The first-order chi connectivity index (χ1) is 10.4. The van der Waals surface area contributed by atoms with Gasteiger partial charge in [0, 0.05) is 45.0 Å². The zero-order valence-electron chi connectivity index (χ0n) is 13.2. The van der Waals surface area contributed by atoms with Crippen molar-refractivity contribution in [2.75, 3.05) is 39.5 Å². The molecule has 1 N–H and O–H groups in total. The summed E-state index contributed by atoms with van der Waals surface area (Å²) in [4.78, 5) is 6.44. The Kier molecular flexibility index (Phi) is 5.91. The largest absolute Gasteiger partial charge is 0.391 e. The van der Waals surface area contributed by atoms with E-state index in [1.807, 2.05) is 18.2 Å². The average Bonchev–Trinajstić information content (AvgIpc) is 2.80. The van der Waals surface area contributed by atoms with Gasteiger partial charge in [0.2, 0.25) is 10.0 Å². The van der Waals surface area contributed by atoms with Gasteiger partial charge >= 0.3 is 0 Å². The lowest BCUT2D eigenvalue weighted by Crippen LogP contribution is -2.29. The molecule has 0 saturated carbocycles. The summed E-state index contributed by atoms with van der Waals surface area (Å²) in [6.07, 6.45) is 2.74. The zero-order chi connectivity index (χ0) is 16.2. The highest BCUT2D eigenvalue weighted by molar-refractivity contribution is 7.89. The first-order valence-corrected chi connectivity index (χ1v) is 9.20. The van der Waals surface area contributed by atoms with E-state index < -0.39 is 10.0 Å². The van der Waals surface area contributed by atoms with E-state index in [2.05, 4.69) is 9.88 Å². The number of rotatable bonds is 7. The molecule has 0 unspecified atom stereocenters. The highest BCUT2D eigenvalue weighted by Gasteiger charge is 2.31. The molecule has 1 aromatic heterocycles. The van der Waals surface area contributed by atoms with Crippen LogP contribution in [-0.2, 0) is 16.4 Å². The summed E-state index contributed by atoms with van der Waals surface area (Å²) in [5.41, 5.74) is 0.989. The molecule has 1 fully saturated rings. The molecule has 6 nitrogen and oxygen atoms in total. The van der Waals surface area contributed by atoms with E-state index in [1.54, 1.807) is 20.3 Å². The van der Waals surface area contributed by atoms with Crippen LogP contribution in [0.15, 0.2) is 24.4 Å². The lowest BCUT2D eigenvalue weighted by molar-refractivity contribution is 0.141. The third kappa shape index (κ3) is 4.74. The van der Waals surface area contributed by atoms with Gasteiger partial charge in [-0.2, -0.15) is 0 Å². The zero-order valence-corrected chi connectivity index (χ0v) is 14.0. The number of hydrogen-bond acceptors (Lipinski definition) is 5. The summed E-state index contributed by atoms with van der Waals surface area (Å²) in [5, 5.41) is 10.2. The Morgan fingerprint density at radius 3 is 2.77 bits per heavy atom. The van der Waals surface area contributed by atoms with Crippen LogP contribution < -0.4 is 0 Å². The van der Waals surface area contributed by atoms with Gasteiger partial charge in [-0.3, -0.25) is 4.98 Å². The number of sulfonamides is 1. The van der Waals surface area contributed by atoms with E-state index in [-0.39, 0.29) is 17.8 Å². The minimum atomic E-state index is -3.13. The lowest BCUT2D eigenvalue weighted by Gasteiger charge is -2.16. The topological polar surface area (TPSA) is 73.7 Å². The fourth-order valence-corrected chi connectivity index (χ4v) is 3.62. The smallest absolute Gasteiger partial charge is 0.213 e. The van der Waals surface area contributed by atoms with Crippen molar-refractivity contribution in [2.24, 2.45) is 5.92 Å². The Morgan fingerprint density at radius 2 is 2.14 bits per heavy atom. The van der Waals surface area contributed by atoms with Gasteiger partial charge in [0.15, 0.2) is 0 Å². The van der Waals surface area contributed by atoms with Crippen molar-refractivity contribution >= 4 is 10.0 Å². The molecule has 0 amide bonds. The van der Waals surface area contributed by atoms with Crippen LogP contribution in [0.4, 0.5) is 0 Å². The highest BCUT2D eigenvalue weighted by atomic mass is 32.2. The van der Waals surface area contributed by atoms with Crippen LogP contribution in [0, 0.1) is 5.92 Å². The molecule has 0 spiro atoms. The fraction of sp³-hybridized carbons (Fsp3) is 0.667. The Balaban J connectivity index is 1.79. The predicted octanol–water partition coefficient (Wildman–Crippen LogP) is 0.198. The van der Waals surface area contributed by atoms with Crippen molar-refractivity contribution in [1.82, 2.24) is 14.2 Å². The summed E-state index contributed by atoms with van der Waals surface area (Å²) >= 11 is 0. The van der Waals surface area contributed by atoms with Crippen LogP contribution in [0.1, 0.15) is 12.1 Å². The molecule has 22 heavy (non-hydrogen) atoms. The number of hydrogen-bond donors (Lipinski definition) is 1. The molecule has 1 aromatic rings. The molecule has 0 aliphatic carbocycles. The Hall–Kier alpha value is -1.02. The van der Waals surface area contributed by atoms with Crippen LogP contribution in [0.3, 0.4) is 0 Å². The number of likely N-dealkylation sites (tertiary alicyclic amines) is 1. The Bertz CT molecular complexity index is 563. The van der Waals surface area contributed by atoms with Gasteiger partial charge in [0.05, 0.1) is 11.9 Å². The molecular formula is C15H25N3O3S. The van der Waals surface area contributed by atoms with Crippen molar-refractivity contribution in [3.63, 3.8) is 0 Å². The van der Waals surface area contributed by atoms with Gasteiger partial charge in [0.1, 0.15) is 0 Å². The summed E-state index contributed by atoms with van der Waals surface area (Å²) in [6.45, 7) is 2.10. The molecule has 0 bridgehead atoms. The molecule has 1 aliphatic heterocycles. The first-order valence-electron chi connectivity index (χ1n) is 7.59. The van der Waals surface area contributed by atoms with E-state index in [0.717, 1.165) is 18.7 Å². The normalized spacial score (nSPS) is 23.3. The molecular weight excluding hydrogens is 302 g/mol. The summed E-state index contributed by atoms with van der Waals surface area (Å²) in [7, 11) is -0.0245. The van der Waals surface area contributed by atoms with Crippen LogP contribution in [0.2, 0.25) is 0 Å². The monoisotopic (exact) mass is 327 g/mol. The van der Waals surface area contributed by atoms with Gasteiger partial charge in [-0.1, -0.05) is 6.07 Å². The molecule has 2 heterocycles. The highest BCUT2D eigenvalue weighted by Crippen LogP contribution is 2.21. The Labute approximate surface area is 132 Å². The lowest BCUT2D eigenvalue weighted by atomic mass is 10.00. The second-order valence-electron chi connectivity index (χ2n) is 6.06. The van der Waals surface area contributed by atoms with Crippen molar-refractivity contribution in [2.45, 2.75) is 18.9 Å². The minimum absolute atomic E-state index is 0.150. The SMILES string of the molecule is CN(C)S(=O)(=O)CCCN1C[C@@H](Cc2ccccn2)[C@H](O)C1. The minimum Gasteiger partial charge on any atom is -0.391 e. The number of β-amino-alcohol motifs (C(OH)–C–C–N with tert-alkyl or cyclic N) is 1. The number of aliphatic hydroxyl groups excluding tert-OH is 1. The van der Waals surface area contributed by atoms with E-state index >= 15 is 0 Å². The van der Waals surface area contributed by atoms with Crippen LogP contribution in [0.25, 0.3) is 0 Å². The van der Waals surface area contributed by atoms with Gasteiger partial charge in [-0.05, 0) is 31.5 Å². The maximum absolute atomic E-state index is 11.7. The van der Waals surface area contributed by atoms with Crippen molar-refractivity contribution in [3.8, 4) is 0 Å². The Morgan fingerprint density at radius 1 is 1.36 bits per heavy atom. The molecule has 1 saturated heterocycles. The van der Waals surface area contributed by atoms with E-state index in [1.165, 1.54) is 4.31 Å². The summed E-state index contributed by atoms with van der Waals surface area (Å²) in [5.74, 6) is 0.317. The molecule has 0 aromatic carbocycles.